The van der Waals surface area contributed by atoms with Gasteiger partial charge in [-0.3, -0.25) is 19.1 Å². The molecule has 2 unspecified atom stereocenters. The normalized spacial score (nSPS) is 17.2. The number of ether oxygens (including phenoxy) is 1. The van der Waals surface area contributed by atoms with Crippen LogP contribution in [-0.2, 0) is 29.0 Å². The van der Waals surface area contributed by atoms with E-state index in [9.17, 15) is 14.4 Å². The number of aryl methyl sites for hydroxylation is 2. The largest absolute Gasteiger partial charge is 0.378 e. The van der Waals surface area contributed by atoms with E-state index in [-0.39, 0.29) is 24.3 Å². The molecule has 0 aromatic carbocycles. The summed E-state index contributed by atoms with van der Waals surface area (Å²) in [4.78, 5) is 44.9. The van der Waals surface area contributed by atoms with Gasteiger partial charge in [0.2, 0.25) is 5.91 Å². The van der Waals surface area contributed by atoms with Crippen LogP contribution in [0, 0.1) is 5.92 Å². The Hall–Kier alpha value is -2.42. The van der Waals surface area contributed by atoms with Crippen molar-refractivity contribution in [2.45, 2.75) is 104 Å². The summed E-state index contributed by atoms with van der Waals surface area (Å²) in [5.41, 5.74) is -0.0215. The van der Waals surface area contributed by atoms with Crippen LogP contribution >= 0.6 is 0 Å². The molecule has 33 heavy (non-hydrogen) atoms. The predicted octanol–water partition coefficient (Wildman–Crippen LogP) is 2.74. The molecule has 2 aromatic rings. The van der Waals surface area contributed by atoms with Crippen LogP contribution < -0.4 is 16.6 Å². The molecule has 0 saturated carbocycles. The second-order valence-electron chi connectivity index (χ2n) is 9.65. The maximum atomic E-state index is 12.7. The number of carbonyl (C=O) groups is 1. The number of H-pyrrole nitrogens is 1. The average Bonchev–Trinajstić information content (AvgIpc) is 3.39. The van der Waals surface area contributed by atoms with E-state index in [0.29, 0.717) is 42.6 Å². The monoisotopic (exact) mass is 461 g/mol. The highest BCUT2D eigenvalue weighted by Gasteiger charge is 2.21. The summed E-state index contributed by atoms with van der Waals surface area (Å²) in [6.45, 7) is 10.2. The van der Waals surface area contributed by atoms with Gasteiger partial charge in [0.1, 0.15) is 5.82 Å². The van der Waals surface area contributed by atoms with E-state index in [1.54, 1.807) is 4.57 Å². The zero-order valence-corrected chi connectivity index (χ0v) is 20.5. The first-order valence-corrected chi connectivity index (χ1v) is 12.4. The number of unbranched alkanes of at least 4 members (excludes halogenated alkanes) is 1. The van der Waals surface area contributed by atoms with Crippen molar-refractivity contribution in [2.24, 2.45) is 5.92 Å². The first kappa shape index (κ1) is 25.2. The van der Waals surface area contributed by atoms with Crippen molar-refractivity contribution < 1.29 is 9.53 Å². The molecule has 3 heterocycles. The number of amides is 1. The third-order valence-electron chi connectivity index (χ3n) is 6.18. The predicted molar refractivity (Wildman–Crippen MR) is 128 cm³/mol. The zero-order chi connectivity index (χ0) is 24.0. The summed E-state index contributed by atoms with van der Waals surface area (Å²) < 4.78 is 9.10. The molecule has 1 amide bonds. The Balaban J connectivity index is 1.74. The van der Waals surface area contributed by atoms with Crippen LogP contribution in [0.4, 0.5) is 0 Å². The summed E-state index contributed by atoms with van der Waals surface area (Å²) in [7, 11) is 0. The lowest BCUT2D eigenvalue weighted by molar-refractivity contribution is -0.121. The van der Waals surface area contributed by atoms with Crippen molar-refractivity contribution in [3.8, 4) is 0 Å². The summed E-state index contributed by atoms with van der Waals surface area (Å²) >= 11 is 0. The Labute approximate surface area is 194 Å². The Kier molecular flexibility index (Phi) is 8.88. The molecule has 9 heteroatoms. The van der Waals surface area contributed by atoms with Gasteiger partial charge in [0.25, 0.3) is 5.56 Å². The topological polar surface area (TPSA) is 111 Å². The molecule has 184 valence electrons. The first-order chi connectivity index (χ1) is 15.8. The lowest BCUT2D eigenvalue weighted by Gasteiger charge is -2.16. The number of hydrogen-bond acceptors (Lipinski definition) is 5. The van der Waals surface area contributed by atoms with Gasteiger partial charge >= 0.3 is 5.69 Å². The third kappa shape index (κ3) is 6.56. The number of rotatable bonds is 12. The van der Waals surface area contributed by atoms with Crippen molar-refractivity contribution in [1.82, 2.24) is 24.4 Å². The molecule has 1 saturated heterocycles. The zero-order valence-electron chi connectivity index (χ0n) is 20.5. The van der Waals surface area contributed by atoms with Crippen LogP contribution in [0.5, 0.6) is 0 Å². The second-order valence-corrected chi connectivity index (χ2v) is 9.65. The van der Waals surface area contributed by atoms with E-state index < -0.39 is 11.2 Å². The standard InChI is InChI=1S/C24H39N5O4/c1-5-6-13-28-22-21(23(31)27-24(28)32)29(15-16(2)3)19(26-22)11-12-20(30)25-17(4)9-10-18-8-7-14-33-18/h16-18H,5-15H2,1-4H3,(H,25,30)(H,27,31,32). The molecular formula is C24H39N5O4. The maximum absolute atomic E-state index is 12.7. The molecule has 0 aliphatic carbocycles. The minimum Gasteiger partial charge on any atom is -0.378 e. The van der Waals surface area contributed by atoms with Crippen LogP contribution in [0.1, 0.15) is 78.5 Å². The number of nitrogens with zero attached hydrogens (tertiary/aromatic N) is 3. The minimum atomic E-state index is -0.431. The number of imidazole rings is 1. The highest BCUT2D eigenvalue weighted by atomic mass is 16.5. The lowest BCUT2D eigenvalue weighted by atomic mass is 10.1. The Morgan fingerprint density at radius 2 is 2.06 bits per heavy atom. The molecule has 0 bridgehead atoms. The third-order valence-corrected chi connectivity index (χ3v) is 6.18. The highest BCUT2D eigenvalue weighted by molar-refractivity contribution is 5.76. The van der Waals surface area contributed by atoms with Crippen molar-refractivity contribution >= 4 is 17.1 Å². The highest BCUT2D eigenvalue weighted by Crippen LogP contribution is 2.18. The fourth-order valence-electron chi connectivity index (χ4n) is 4.45. The van der Waals surface area contributed by atoms with E-state index in [1.165, 1.54) is 0 Å². The smallest absolute Gasteiger partial charge is 0.330 e. The molecular weight excluding hydrogens is 422 g/mol. The van der Waals surface area contributed by atoms with Gasteiger partial charge in [-0.2, -0.15) is 0 Å². The van der Waals surface area contributed by atoms with E-state index in [1.807, 2.05) is 11.5 Å². The van der Waals surface area contributed by atoms with Gasteiger partial charge in [-0.05, 0) is 44.9 Å². The van der Waals surface area contributed by atoms with Crippen molar-refractivity contribution in [3.63, 3.8) is 0 Å². The number of nitrogens with one attached hydrogen (secondary N) is 2. The van der Waals surface area contributed by atoms with E-state index in [2.05, 4.69) is 36.1 Å². The molecule has 3 rings (SSSR count). The Morgan fingerprint density at radius 1 is 1.27 bits per heavy atom. The van der Waals surface area contributed by atoms with Gasteiger partial charge in [-0.1, -0.05) is 27.2 Å². The van der Waals surface area contributed by atoms with Crippen molar-refractivity contribution in [3.05, 3.63) is 26.7 Å². The number of aromatic nitrogens is 4. The quantitative estimate of drug-likeness (QED) is 0.505. The fraction of sp³-hybridized carbons (Fsp3) is 0.750. The molecule has 0 spiro atoms. The molecule has 0 radical (unpaired) electrons. The second kappa shape index (κ2) is 11.6. The molecule has 2 aromatic heterocycles. The summed E-state index contributed by atoms with van der Waals surface area (Å²) in [5.74, 6) is 0.917. The number of fused-ring (bicyclic) bond motifs is 1. The lowest BCUT2D eigenvalue weighted by Crippen LogP contribution is -2.33. The van der Waals surface area contributed by atoms with Gasteiger partial charge in [0, 0.05) is 38.6 Å². The van der Waals surface area contributed by atoms with E-state index in [4.69, 9.17) is 4.74 Å². The van der Waals surface area contributed by atoms with Crippen LogP contribution in [0.3, 0.4) is 0 Å². The SMILES string of the molecule is CCCCn1c(=O)[nH]c(=O)c2c1nc(CCC(=O)NC(C)CCC1CCCO1)n2CC(C)C. The van der Waals surface area contributed by atoms with Crippen LogP contribution in [0.25, 0.3) is 11.2 Å². The average molecular weight is 462 g/mol. The number of hydrogen-bond donors (Lipinski definition) is 2. The Bertz CT molecular complexity index is 1050. The Morgan fingerprint density at radius 3 is 2.73 bits per heavy atom. The molecule has 2 N–H and O–H groups in total. The summed E-state index contributed by atoms with van der Waals surface area (Å²) in [6, 6.07) is 0.0817. The van der Waals surface area contributed by atoms with Crippen LogP contribution in [0.2, 0.25) is 0 Å². The van der Waals surface area contributed by atoms with Gasteiger partial charge in [0.15, 0.2) is 11.2 Å². The van der Waals surface area contributed by atoms with Gasteiger partial charge in [-0.25, -0.2) is 9.78 Å². The van der Waals surface area contributed by atoms with Crippen LogP contribution in [0.15, 0.2) is 9.59 Å². The summed E-state index contributed by atoms with van der Waals surface area (Å²) in [5, 5.41) is 3.07. The minimum absolute atomic E-state index is 0.0322. The van der Waals surface area contributed by atoms with Gasteiger partial charge in [-0.15, -0.1) is 0 Å². The maximum Gasteiger partial charge on any atom is 0.330 e. The van der Waals surface area contributed by atoms with Gasteiger partial charge in [0.05, 0.1) is 6.10 Å². The van der Waals surface area contributed by atoms with E-state index in [0.717, 1.165) is 45.1 Å². The van der Waals surface area contributed by atoms with E-state index >= 15 is 0 Å². The van der Waals surface area contributed by atoms with Crippen molar-refractivity contribution in [2.75, 3.05) is 6.61 Å². The van der Waals surface area contributed by atoms with Gasteiger partial charge < -0.3 is 14.6 Å². The first-order valence-electron chi connectivity index (χ1n) is 12.4. The molecule has 9 nitrogen and oxygen atoms in total. The van der Waals surface area contributed by atoms with Crippen molar-refractivity contribution in [1.29, 1.82) is 0 Å². The molecule has 1 aliphatic rings. The summed E-state index contributed by atoms with van der Waals surface area (Å²) in [6.07, 6.45) is 6.84. The molecule has 1 aliphatic heterocycles. The molecule has 2 atom stereocenters. The number of carbonyl (C=O) groups excluding carboxylic acids is 1. The fourth-order valence-corrected chi connectivity index (χ4v) is 4.45. The number of aromatic amines is 1. The molecule has 1 fully saturated rings. The van der Waals surface area contributed by atoms with Crippen LogP contribution in [-0.4, -0.2) is 43.8 Å².